The van der Waals surface area contributed by atoms with Gasteiger partial charge in [0.15, 0.2) is 11.5 Å². The Labute approximate surface area is 146 Å². The van der Waals surface area contributed by atoms with Crippen LogP contribution in [-0.4, -0.2) is 26.7 Å². The number of fused-ring (bicyclic) bond motifs is 1. The lowest BCUT2D eigenvalue weighted by atomic mass is 9.99. The van der Waals surface area contributed by atoms with E-state index < -0.39 is 0 Å². The molecule has 1 aliphatic heterocycles. The van der Waals surface area contributed by atoms with Crippen LogP contribution < -0.4 is 19.5 Å². The van der Waals surface area contributed by atoms with Gasteiger partial charge in [-0.05, 0) is 54.2 Å². The number of ether oxygens (including phenoxy) is 3. The Hall–Kier alpha value is -2.69. The Morgan fingerprint density at radius 1 is 1.04 bits per heavy atom. The van der Waals surface area contributed by atoms with E-state index >= 15 is 0 Å². The second-order valence-electron chi connectivity index (χ2n) is 6.49. The van der Waals surface area contributed by atoms with Gasteiger partial charge in [-0.25, -0.2) is 0 Å². The third kappa shape index (κ3) is 2.90. The fourth-order valence-corrected chi connectivity index (χ4v) is 3.15. The van der Waals surface area contributed by atoms with Crippen molar-refractivity contribution in [3.8, 4) is 28.4 Å². The van der Waals surface area contributed by atoms with Gasteiger partial charge in [0.1, 0.15) is 0 Å². The second kappa shape index (κ2) is 6.31. The molecule has 5 nitrogen and oxygen atoms in total. The summed E-state index contributed by atoms with van der Waals surface area (Å²) in [6.45, 7) is 1.25. The minimum atomic E-state index is -0.0148. The largest absolute Gasteiger partial charge is 0.493 e. The third-order valence-corrected chi connectivity index (χ3v) is 4.76. The molecule has 2 aromatic carbocycles. The third-order valence-electron chi connectivity index (χ3n) is 4.76. The molecular weight excluding hydrogens is 318 g/mol. The molecule has 1 aliphatic carbocycles. The molecule has 1 saturated carbocycles. The second-order valence-corrected chi connectivity index (χ2v) is 6.49. The van der Waals surface area contributed by atoms with E-state index in [1.165, 1.54) is 12.8 Å². The SMILES string of the molecule is COc1ccc(-c2ccc3c(c2)CNC3=O)c(OCC2CC2)c1OC. The van der Waals surface area contributed by atoms with Gasteiger partial charge in [-0.3, -0.25) is 4.79 Å². The summed E-state index contributed by atoms with van der Waals surface area (Å²) < 4.78 is 17.1. The molecule has 1 N–H and O–H groups in total. The van der Waals surface area contributed by atoms with E-state index in [2.05, 4.69) is 5.32 Å². The van der Waals surface area contributed by atoms with Crippen LogP contribution in [-0.2, 0) is 6.54 Å². The van der Waals surface area contributed by atoms with E-state index in [1.54, 1.807) is 14.2 Å². The summed E-state index contributed by atoms with van der Waals surface area (Å²) in [5.74, 6) is 2.57. The fourth-order valence-electron chi connectivity index (χ4n) is 3.15. The van der Waals surface area contributed by atoms with E-state index in [0.29, 0.717) is 36.3 Å². The van der Waals surface area contributed by atoms with Crippen LogP contribution in [0, 0.1) is 5.92 Å². The first-order chi connectivity index (χ1) is 12.2. The van der Waals surface area contributed by atoms with Gasteiger partial charge in [0.2, 0.25) is 5.75 Å². The lowest BCUT2D eigenvalue weighted by molar-refractivity contribution is 0.0966. The molecule has 5 heteroatoms. The number of methoxy groups -OCH3 is 2. The quantitative estimate of drug-likeness (QED) is 0.876. The normalized spacial score (nSPS) is 15.5. The van der Waals surface area contributed by atoms with E-state index in [4.69, 9.17) is 14.2 Å². The highest BCUT2D eigenvalue weighted by Crippen LogP contribution is 2.45. The molecule has 1 amide bonds. The van der Waals surface area contributed by atoms with Crippen molar-refractivity contribution < 1.29 is 19.0 Å². The first-order valence-corrected chi connectivity index (χ1v) is 8.50. The molecule has 1 fully saturated rings. The molecule has 2 aromatic rings. The predicted molar refractivity (Wildman–Crippen MR) is 94.4 cm³/mol. The first-order valence-electron chi connectivity index (χ1n) is 8.50. The van der Waals surface area contributed by atoms with Crippen LogP contribution in [0.5, 0.6) is 17.2 Å². The van der Waals surface area contributed by atoms with Crippen LogP contribution in [0.1, 0.15) is 28.8 Å². The number of carbonyl (C=O) groups is 1. The number of benzene rings is 2. The maximum absolute atomic E-state index is 11.8. The van der Waals surface area contributed by atoms with Crippen molar-refractivity contribution in [3.05, 3.63) is 41.5 Å². The zero-order valence-corrected chi connectivity index (χ0v) is 14.4. The van der Waals surface area contributed by atoms with Crippen LogP contribution in [0.2, 0.25) is 0 Å². The topological polar surface area (TPSA) is 56.8 Å². The Kier molecular flexibility index (Phi) is 3.99. The van der Waals surface area contributed by atoms with E-state index in [0.717, 1.165) is 22.3 Å². The van der Waals surface area contributed by atoms with Gasteiger partial charge < -0.3 is 19.5 Å². The summed E-state index contributed by atoms with van der Waals surface area (Å²) in [7, 11) is 3.24. The lowest BCUT2D eigenvalue weighted by Crippen LogP contribution is -2.12. The minimum Gasteiger partial charge on any atom is -0.493 e. The molecule has 1 heterocycles. The van der Waals surface area contributed by atoms with Crippen LogP contribution >= 0.6 is 0 Å². The highest BCUT2D eigenvalue weighted by atomic mass is 16.5. The van der Waals surface area contributed by atoms with Crippen molar-refractivity contribution in [2.75, 3.05) is 20.8 Å². The number of amides is 1. The van der Waals surface area contributed by atoms with Gasteiger partial charge >= 0.3 is 0 Å². The molecule has 130 valence electrons. The average molecular weight is 339 g/mol. The smallest absolute Gasteiger partial charge is 0.251 e. The summed E-state index contributed by atoms with van der Waals surface area (Å²) in [5, 5.41) is 2.85. The monoisotopic (exact) mass is 339 g/mol. The summed E-state index contributed by atoms with van der Waals surface area (Å²) in [5.41, 5.74) is 3.69. The number of hydrogen-bond acceptors (Lipinski definition) is 4. The standard InChI is InChI=1S/C20H21NO4/c1-23-17-8-7-15(18(19(17)24-2)25-11-12-3-4-12)13-5-6-16-14(9-13)10-21-20(16)22/h5-9,12H,3-4,10-11H2,1-2H3,(H,21,22). The zero-order valence-electron chi connectivity index (χ0n) is 14.4. The maximum atomic E-state index is 11.8. The van der Waals surface area contributed by atoms with Gasteiger partial charge in [-0.1, -0.05) is 6.07 Å². The highest BCUT2D eigenvalue weighted by molar-refractivity contribution is 5.99. The van der Waals surface area contributed by atoms with Crippen LogP contribution in [0.4, 0.5) is 0 Å². The number of rotatable bonds is 6. The van der Waals surface area contributed by atoms with Crippen molar-refractivity contribution in [3.63, 3.8) is 0 Å². The van der Waals surface area contributed by atoms with Crippen molar-refractivity contribution in [1.82, 2.24) is 5.32 Å². The van der Waals surface area contributed by atoms with Crippen LogP contribution in [0.3, 0.4) is 0 Å². The molecule has 2 aliphatic rings. The van der Waals surface area contributed by atoms with Gasteiger partial charge in [-0.15, -0.1) is 0 Å². The molecule has 0 aromatic heterocycles. The Morgan fingerprint density at radius 3 is 2.56 bits per heavy atom. The Morgan fingerprint density at radius 2 is 1.84 bits per heavy atom. The van der Waals surface area contributed by atoms with Crippen LogP contribution in [0.15, 0.2) is 30.3 Å². The number of carbonyl (C=O) groups excluding carboxylic acids is 1. The van der Waals surface area contributed by atoms with E-state index in [-0.39, 0.29) is 5.91 Å². The summed E-state index contributed by atoms with van der Waals surface area (Å²) in [6.07, 6.45) is 2.43. The molecule has 4 rings (SSSR count). The lowest BCUT2D eigenvalue weighted by Gasteiger charge is -2.18. The first kappa shape index (κ1) is 15.8. The van der Waals surface area contributed by atoms with Crippen molar-refractivity contribution in [2.24, 2.45) is 5.92 Å². The Balaban J connectivity index is 1.78. The molecule has 0 unspecified atom stereocenters. The summed E-state index contributed by atoms with van der Waals surface area (Å²) in [6, 6.07) is 9.73. The highest BCUT2D eigenvalue weighted by Gasteiger charge is 2.26. The molecule has 0 saturated heterocycles. The maximum Gasteiger partial charge on any atom is 0.251 e. The van der Waals surface area contributed by atoms with E-state index in [1.807, 2.05) is 30.3 Å². The van der Waals surface area contributed by atoms with Crippen molar-refractivity contribution in [2.45, 2.75) is 19.4 Å². The molecular formula is C20H21NO4. The summed E-state index contributed by atoms with van der Waals surface area (Å²) >= 11 is 0. The molecule has 0 bridgehead atoms. The molecule has 0 atom stereocenters. The molecule has 0 radical (unpaired) electrons. The minimum absolute atomic E-state index is 0.0148. The van der Waals surface area contributed by atoms with E-state index in [9.17, 15) is 4.79 Å². The summed E-state index contributed by atoms with van der Waals surface area (Å²) in [4.78, 5) is 11.8. The van der Waals surface area contributed by atoms with Crippen molar-refractivity contribution >= 4 is 5.91 Å². The van der Waals surface area contributed by atoms with Gasteiger partial charge in [0, 0.05) is 17.7 Å². The Bertz CT molecular complexity index is 827. The van der Waals surface area contributed by atoms with Crippen molar-refractivity contribution in [1.29, 1.82) is 0 Å². The predicted octanol–water partition coefficient (Wildman–Crippen LogP) is 3.40. The molecule has 25 heavy (non-hydrogen) atoms. The number of hydrogen-bond donors (Lipinski definition) is 1. The zero-order chi connectivity index (χ0) is 17.4. The van der Waals surface area contributed by atoms with Crippen LogP contribution in [0.25, 0.3) is 11.1 Å². The average Bonchev–Trinajstić information content (AvgIpc) is 3.41. The molecule has 0 spiro atoms. The fraction of sp³-hybridized carbons (Fsp3) is 0.350. The number of nitrogens with one attached hydrogen (secondary N) is 1. The van der Waals surface area contributed by atoms with Gasteiger partial charge in [0.25, 0.3) is 5.91 Å². The van der Waals surface area contributed by atoms with Gasteiger partial charge in [-0.2, -0.15) is 0 Å². The van der Waals surface area contributed by atoms with Gasteiger partial charge in [0.05, 0.1) is 20.8 Å².